The third-order valence-electron chi connectivity index (χ3n) is 2.10. The molecule has 1 aromatic rings. The molecule has 1 rings (SSSR count). The second-order valence-electron chi connectivity index (χ2n) is 2.87. The number of hydrogen-bond donors (Lipinski definition) is 1. The Bertz CT molecular complexity index is 288. The Morgan fingerprint density at radius 2 is 2.15 bits per heavy atom. The fourth-order valence-corrected chi connectivity index (χ4v) is 2.20. The smallest absolute Gasteiger partial charge is 0.124 e. The molecule has 1 N–H and O–H groups in total. The molecule has 0 aromatic heterocycles. The molecule has 0 saturated heterocycles. The van der Waals surface area contributed by atoms with Gasteiger partial charge in [0.15, 0.2) is 0 Å². The molecule has 2 nitrogen and oxygen atoms in total. The quantitative estimate of drug-likeness (QED) is 0.864. The minimum Gasteiger partial charge on any atom is -0.496 e. The van der Waals surface area contributed by atoms with E-state index in [0.29, 0.717) is 6.04 Å². The molecule has 0 amide bonds. The first-order valence-corrected chi connectivity index (χ1v) is 5.28. The maximum atomic E-state index is 5.30. The zero-order valence-electron chi connectivity index (χ0n) is 8.10. The summed E-state index contributed by atoms with van der Waals surface area (Å²) < 4.78 is 6.54. The van der Waals surface area contributed by atoms with Crippen molar-refractivity contribution < 1.29 is 4.74 Å². The molecular formula is C10H14INO. The van der Waals surface area contributed by atoms with Gasteiger partial charge in [-0.05, 0) is 48.7 Å². The first-order valence-electron chi connectivity index (χ1n) is 4.20. The van der Waals surface area contributed by atoms with Gasteiger partial charge in [-0.3, -0.25) is 0 Å². The highest BCUT2D eigenvalue weighted by molar-refractivity contribution is 14.1. The lowest BCUT2D eigenvalue weighted by Gasteiger charge is -2.16. The number of ether oxygens (including phenoxy) is 1. The van der Waals surface area contributed by atoms with Crippen LogP contribution in [0.1, 0.15) is 18.5 Å². The minimum atomic E-state index is 0.322. The van der Waals surface area contributed by atoms with E-state index in [9.17, 15) is 0 Å². The molecule has 0 unspecified atom stereocenters. The normalized spacial score (nSPS) is 12.6. The van der Waals surface area contributed by atoms with Crippen LogP contribution in [0.15, 0.2) is 18.2 Å². The van der Waals surface area contributed by atoms with Crippen molar-refractivity contribution in [1.29, 1.82) is 0 Å². The van der Waals surface area contributed by atoms with Gasteiger partial charge in [0.1, 0.15) is 5.75 Å². The summed E-state index contributed by atoms with van der Waals surface area (Å²) in [6.07, 6.45) is 0. The average molecular weight is 291 g/mol. The van der Waals surface area contributed by atoms with Crippen LogP contribution in [-0.2, 0) is 0 Å². The first-order chi connectivity index (χ1) is 6.20. The molecule has 0 radical (unpaired) electrons. The van der Waals surface area contributed by atoms with Gasteiger partial charge < -0.3 is 10.1 Å². The van der Waals surface area contributed by atoms with Crippen molar-refractivity contribution >= 4 is 22.6 Å². The number of benzene rings is 1. The van der Waals surface area contributed by atoms with Gasteiger partial charge >= 0.3 is 0 Å². The molecule has 0 aliphatic heterocycles. The fraction of sp³-hybridized carbons (Fsp3) is 0.400. The molecule has 0 fully saturated rings. The SMILES string of the molecule is CN[C@H](C)c1c(I)cccc1OC. The second-order valence-corrected chi connectivity index (χ2v) is 4.03. The number of rotatable bonds is 3. The highest BCUT2D eigenvalue weighted by atomic mass is 127. The van der Waals surface area contributed by atoms with Crippen molar-refractivity contribution in [2.75, 3.05) is 14.2 Å². The van der Waals surface area contributed by atoms with E-state index in [1.807, 2.05) is 19.2 Å². The summed E-state index contributed by atoms with van der Waals surface area (Å²) in [6, 6.07) is 6.41. The molecule has 3 heteroatoms. The lowest BCUT2D eigenvalue weighted by Crippen LogP contribution is -2.14. The predicted octanol–water partition coefficient (Wildman–Crippen LogP) is 2.58. The number of methoxy groups -OCH3 is 1. The number of nitrogens with one attached hydrogen (secondary N) is 1. The van der Waals surface area contributed by atoms with Gasteiger partial charge in [0, 0.05) is 15.2 Å². The summed E-state index contributed by atoms with van der Waals surface area (Å²) in [5, 5.41) is 3.21. The summed E-state index contributed by atoms with van der Waals surface area (Å²) in [5.41, 5.74) is 1.23. The third-order valence-corrected chi connectivity index (χ3v) is 3.04. The van der Waals surface area contributed by atoms with Crippen LogP contribution in [0.2, 0.25) is 0 Å². The van der Waals surface area contributed by atoms with E-state index in [2.05, 4.69) is 40.9 Å². The van der Waals surface area contributed by atoms with Crippen LogP contribution in [-0.4, -0.2) is 14.2 Å². The van der Waals surface area contributed by atoms with Crippen molar-refractivity contribution in [3.63, 3.8) is 0 Å². The second kappa shape index (κ2) is 4.81. The van der Waals surface area contributed by atoms with Gasteiger partial charge in [-0.2, -0.15) is 0 Å². The van der Waals surface area contributed by atoms with E-state index in [-0.39, 0.29) is 0 Å². The molecular weight excluding hydrogens is 277 g/mol. The van der Waals surface area contributed by atoms with E-state index >= 15 is 0 Å². The van der Waals surface area contributed by atoms with Crippen molar-refractivity contribution in [1.82, 2.24) is 5.32 Å². The molecule has 0 spiro atoms. The molecule has 72 valence electrons. The van der Waals surface area contributed by atoms with Crippen LogP contribution < -0.4 is 10.1 Å². The highest BCUT2D eigenvalue weighted by Gasteiger charge is 2.12. The Kier molecular flexibility index (Phi) is 3.99. The molecule has 13 heavy (non-hydrogen) atoms. The zero-order valence-corrected chi connectivity index (χ0v) is 10.3. The van der Waals surface area contributed by atoms with Gasteiger partial charge in [0.25, 0.3) is 0 Å². The Hall–Kier alpha value is -0.290. The van der Waals surface area contributed by atoms with E-state index < -0.39 is 0 Å². The van der Waals surface area contributed by atoms with Crippen LogP contribution >= 0.6 is 22.6 Å². The lowest BCUT2D eigenvalue weighted by atomic mass is 10.1. The summed E-state index contributed by atoms with van der Waals surface area (Å²) in [6.45, 7) is 2.13. The molecule has 0 saturated carbocycles. The van der Waals surface area contributed by atoms with Crippen molar-refractivity contribution in [3.05, 3.63) is 27.3 Å². The first kappa shape index (κ1) is 10.8. The molecule has 0 aliphatic carbocycles. The average Bonchev–Trinajstić information content (AvgIpc) is 2.16. The van der Waals surface area contributed by atoms with Crippen molar-refractivity contribution in [2.45, 2.75) is 13.0 Å². The summed E-state index contributed by atoms with van der Waals surface area (Å²) in [7, 11) is 3.66. The highest BCUT2D eigenvalue weighted by Crippen LogP contribution is 2.29. The maximum Gasteiger partial charge on any atom is 0.124 e. The monoisotopic (exact) mass is 291 g/mol. The van der Waals surface area contributed by atoms with Gasteiger partial charge in [0.05, 0.1) is 7.11 Å². The summed E-state index contributed by atoms with van der Waals surface area (Å²) in [4.78, 5) is 0. The van der Waals surface area contributed by atoms with E-state index in [4.69, 9.17) is 4.74 Å². The van der Waals surface area contributed by atoms with E-state index in [1.54, 1.807) is 7.11 Å². The zero-order chi connectivity index (χ0) is 9.84. The third kappa shape index (κ3) is 2.34. The lowest BCUT2D eigenvalue weighted by molar-refractivity contribution is 0.403. The summed E-state index contributed by atoms with van der Waals surface area (Å²) in [5.74, 6) is 0.953. The molecule has 0 heterocycles. The van der Waals surface area contributed by atoms with Crippen molar-refractivity contribution in [3.8, 4) is 5.75 Å². The molecule has 0 bridgehead atoms. The molecule has 1 atom stereocenters. The van der Waals surface area contributed by atoms with Crippen molar-refractivity contribution in [2.24, 2.45) is 0 Å². The number of hydrogen-bond acceptors (Lipinski definition) is 2. The summed E-state index contributed by atoms with van der Waals surface area (Å²) >= 11 is 2.33. The Balaban J connectivity index is 3.14. The van der Waals surface area contributed by atoms with E-state index in [0.717, 1.165) is 5.75 Å². The van der Waals surface area contributed by atoms with Gasteiger partial charge in [-0.1, -0.05) is 6.07 Å². The Morgan fingerprint density at radius 3 is 2.69 bits per heavy atom. The topological polar surface area (TPSA) is 21.3 Å². The van der Waals surface area contributed by atoms with Gasteiger partial charge in [0.2, 0.25) is 0 Å². The predicted molar refractivity (Wildman–Crippen MR) is 63.2 cm³/mol. The Labute approximate surface area is 92.8 Å². The molecule has 0 aliphatic rings. The number of halogens is 1. The Morgan fingerprint density at radius 1 is 1.46 bits per heavy atom. The van der Waals surface area contributed by atoms with Gasteiger partial charge in [-0.15, -0.1) is 0 Å². The standard InChI is InChI=1S/C10H14INO/c1-7(12-2)10-8(11)5-4-6-9(10)13-3/h4-7,12H,1-3H3/t7-/m1/s1. The fourth-order valence-electron chi connectivity index (χ4n) is 1.26. The maximum absolute atomic E-state index is 5.30. The van der Waals surface area contributed by atoms with Crippen LogP contribution in [0.3, 0.4) is 0 Å². The van der Waals surface area contributed by atoms with Crippen LogP contribution in [0.4, 0.5) is 0 Å². The largest absolute Gasteiger partial charge is 0.496 e. The van der Waals surface area contributed by atoms with Gasteiger partial charge in [-0.25, -0.2) is 0 Å². The van der Waals surface area contributed by atoms with Crippen LogP contribution in [0, 0.1) is 3.57 Å². The van der Waals surface area contributed by atoms with E-state index in [1.165, 1.54) is 9.13 Å². The van der Waals surface area contributed by atoms with Crippen LogP contribution in [0.25, 0.3) is 0 Å². The molecule has 1 aromatic carbocycles. The minimum absolute atomic E-state index is 0.322. The van der Waals surface area contributed by atoms with Crippen LogP contribution in [0.5, 0.6) is 5.75 Å².